The van der Waals surface area contributed by atoms with Crippen molar-refractivity contribution in [1.82, 2.24) is 34.8 Å². The molecule has 0 saturated carbocycles. The molecule has 0 radical (unpaired) electrons. The molecule has 1 N–H and O–H groups in total. The van der Waals surface area contributed by atoms with Crippen LogP contribution in [0, 0.1) is 5.82 Å². The maximum atomic E-state index is 13.9. The zero-order valence-corrected chi connectivity index (χ0v) is 20.3. The summed E-state index contributed by atoms with van der Waals surface area (Å²) < 4.78 is 22.4. The van der Waals surface area contributed by atoms with E-state index < -0.39 is 11.9 Å². The van der Waals surface area contributed by atoms with E-state index in [0.29, 0.717) is 30.5 Å². The number of rotatable bonds is 8. The normalized spacial score (nSPS) is 18.6. The summed E-state index contributed by atoms with van der Waals surface area (Å²) in [5, 5.41) is 11.6. The summed E-state index contributed by atoms with van der Waals surface area (Å²) in [5.41, 5.74) is 1.37. The molecular weight excluding hydrogens is 467 g/mol. The van der Waals surface area contributed by atoms with Crippen LogP contribution in [-0.2, 0) is 29.0 Å². The standard InChI is InChI=1S/C24H29FN8O3/c1-30-21-11-17(7-9-31-13-18(14-31)36-2)28-33(21)10-8-20(24(30)35)27-23(34)22-26-15-32(29-22)12-16-5-3-4-6-19(16)25/h3-6,11,15,18,20H,7-10,12-14H2,1-2H3,(H,27,34)/t20-/m1/s1. The van der Waals surface area contributed by atoms with Crippen LogP contribution >= 0.6 is 0 Å². The highest BCUT2D eigenvalue weighted by Crippen LogP contribution is 2.22. The maximum Gasteiger partial charge on any atom is 0.291 e. The second kappa shape index (κ2) is 10.2. The summed E-state index contributed by atoms with van der Waals surface area (Å²) in [6.07, 6.45) is 2.87. The molecule has 0 spiro atoms. The summed E-state index contributed by atoms with van der Waals surface area (Å²) >= 11 is 0. The van der Waals surface area contributed by atoms with Crippen molar-refractivity contribution in [2.45, 2.75) is 38.1 Å². The van der Waals surface area contributed by atoms with Gasteiger partial charge in [0, 0.05) is 58.4 Å². The number of anilines is 1. The first-order valence-corrected chi connectivity index (χ1v) is 11.9. The van der Waals surface area contributed by atoms with E-state index >= 15 is 0 Å². The summed E-state index contributed by atoms with van der Waals surface area (Å²) in [4.78, 5) is 33.8. The van der Waals surface area contributed by atoms with Gasteiger partial charge in [-0.15, -0.1) is 5.10 Å². The number of aryl methyl sites for hydroxylation is 1. The number of nitrogens with one attached hydrogen (secondary N) is 1. The minimum atomic E-state index is -0.738. The Balaban J connectivity index is 1.18. The second-order valence-electron chi connectivity index (χ2n) is 9.15. The van der Waals surface area contributed by atoms with Crippen molar-refractivity contribution in [3.8, 4) is 0 Å². The van der Waals surface area contributed by atoms with Gasteiger partial charge in [0.05, 0.1) is 18.3 Å². The van der Waals surface area contributed by atoms with Crippen molar-refractivity contribution in [1.29, 1.82) is 0 Å². The lowest BCUT2D eigenvalue weighted by Gasteiger charge is -2.37. The number of likely N-dealkylation sites (N-methyl/N-ethyl adjacent to an activating group) is 1. The minimum Gasteiger partial charge on any atom is -0.379 e. The van der Waals surface area contributed by atoms with Crippen LogP contribution in [0.5, 0.6) is 0 Å². The number of halogens is 1. The molecule has 4 heterocycles. The lowest BCUT2D eigenvalue weighted by atomic mass is 10.1. The van der Waals surface area contributed by atoms with Crippen molar-refractivity contribution >= 4 is 17.6 Å². The minimum absolute atomic E-state index is 0.0761. The van der Waals surface area contributed by atoms with Gasteiger partial charge in [0.1, 0.15) is 24.0 Å². The summed E-state index contributed by atoms with van der Waals surface area (Å²) in [6.45, 7) is 3.39. The molecule has 1 saturated heterocycles. The van der Waals surface area contributed by atoms with E-state index in [1.54, 1.807) is 32.4 Å². The van der Waals surface area contributed by atoms with E-state index in [4.69, 9.17) is 4.74 Å². The fraction of sp³-hybridized carbons (Fsp3) is 0.458. The van der Waals surface area contributed by atoms with Gasteiger partial charge in [-0.05, 0) is 12.5 Å². The molecule has 190 valence electrons. The van der Waals surface area contributed by atoms with Crippen LogP contribution in [0.15, 0.2) is 36.7 Å². The third-order valence-electron chi connectivity index (χ3n) is 6.69. The van der Waals surface area contributed by atoms with Crippen LogP contribution in [0.1, 0.15) is 28.3 Å². The number of methoxy groups -OCH3 is 1. The molecule has 0 aliphatic carbocycles. The smallest absolute Gasteiger partial charge is 0.291 e. The first-order chi connectivity index (χ1) is 17.4. The van der Waals surface area contributed by atoms with Gasteiger partial charge in [0.15, 0.2) is 0 Å². The Labute approximate surface area is 207 Å². The summed E-state index contributed by atoms with van der Waals surface area (Å²) in [7, 11) is 3.42. The van der Waals surface area contributed by atoms with Crippen molar-refractivity contribution in [2.24, 2.45) is 0 Å². The molecule has 1 atom stereocenters. The van der Waals surface area contributed by atoms with E-state index in [2.05, 4.69) is 25.4 Å². The van der Waals surface area contributed by atoms with Crippen LogP contribution in [0.25, 0.3) is 0 Å². The Hall–Kier alpha value is -3.64. The van der Waals surface area contributed by atoms with E-state index in [-0.39, 0.29) is 24.1 Å². The SMILES string of the molecule is COC1CN(CCc2cc3n(n2)CC[C@@H](NC(=O)c2ncn(Cc4ccccc4F)n2)C(=O)N3C)C1. The highest BCUT2D eigenvalue weighted by atomic mass is 19.1. The lowest BCUT2D eigenvalue weighted by Crippen LogP contribution is -2.52. The van der Waals surface area contributed by atoms with Crippen LogP contribution < -0.4 is 10.2 Å². The van der Waals surface area contributed by atoms with E-state index in [0.717, 1.165) is 31.7 Å². The Morgan fingerprint density at radius 1 is 1.25 bits per heavy atom. The van der Waals surface area contributed by atoms with Crippen molar-refractivity contribution in [2.75, 3.05) is 38.7 Å². The molecule has 12 heteroatoms. The molecule has 0 bridgehead atoms. The van der Waals surface area contributed by atoms with Gasteiger partial charge in [-0.3, -0.25) is 19.4 Å². The molecule has 2 aliphatic rings. The van der Waals surface area contributed by atoms with E-state index in [1.165, 1.54) is 22.0 Å². The van der Waals surface area contributed by atoms with Gasteiger partial charge in [0.25, 0.3) is 11.8 Å². The largest absolute Gasteiger partial charge is 0.379 e. The highest BCUT2D eigenvalue weighted by Gasteiger charge is 2.32. The van der Waals surface area contributed by atoms with Crippen LogP contribution in [0.4, 0.5) is 10.2 Å². The number of ether oxygens (including phenoxy) is 1. The topological polar surface area (TPSA) is 110 Å². The number of carbonyl (C=O) groups excluding carboxylic acids is 2. The quantitative estimate of drug-likeness (QED) is 0.489. The number of aromatic nitrogens is 5. The molecule has 2 aliphatic heterocycles. The van der Waals surface area contributed by atoms with Gasteiger partial charge < -0.3 is 10.1 Å². The predicted molar refractivity (Wildman–Crippen MR) is 128 cm³/mol. The summed E-state index contributed by atoms with van der Waals surface area (Å²) in [5.74, 6) is -0.514. The molecule has 2 aromatic heterocycles. The highest BCUT2D eigenvalue weighted by molar-refractivity contribution is 6.00. The van der Waals surface area contributed by atoms with Gasteiger partial charge in [-0.25, -0.2) is 18.7 Å². The van der Waals surface area contributed by atoms with Crippen LogP contribution in [-0.4, -0.2) is 87.2 Å². The first kappa shape index (κ1) is 24.1. The van der Waals surface area contributed by atoms with Gasteiger partial charge in [-0.2, -0.15) is 5.10 Å². The third-order valence-corrected chi connectivity index (χ3v) is 6.69. The van der Waals surface area contributed by atoms with Crippen molar-refractivity contribution < 1.29 is 18.7 Å². The second-order valence-corrected chi connectivity index (χ2v) is 9.15. The molecule has 5 rings (SSSR count). The van der Waals surface area contributed by atoms with Crippen molar-refractivity contribution in [3.63, 3.8) is 0 Å². The third kappa shape index (κ3) is 5.00. The van der Waals surface area contributed by atoms with Crippen LogP contribution in [0.2, 0.25) is 0 Å². The van der Waals surface area contributed by atoms with Crippen LogP contribution in [0.3, 0.4) is 0 Å². The molecular formula is C24H29FN8O3. The number of hydrogen-bond acceptors (Lipinski definition) is 7. The number of hydrogen-bond donors (Lipinski definition) is 1. The summed E-state index contributed by atoms with van der Waals surface area (Å²) in [6, 6.07) is 7.55. The molecule has 1 fully saturated rings. The molecule has 3 aromatic rings. The Morgan fingerprint density at radius 2 is 2.06 bits per heavy atom. The van der Waals surface area contributed by atoms with Crippen molar-refractivity contribution in [3.05, 3.63) is 59.6 Å². The van der Waals surface area contributed by atoms with E-state index in [1.807, 2.05) is 10.7 Å². The number of nitrogens with zero attached hydrogens (tertiary/aromatic N) is 7. The fourth-order valence-corrected chi connectivity index (χ4v) is 4.50. The Bertz CT molecular complexity index is 1250. The number of fused-ring (bicyclic) bond motifs is 1. The molecule has 11 nitrogen and oxygen atoms in total. The Kier molecular flexibility index (Phi) is 6.79. The lowest BCUT2D eigenvalue weighted by molar-refractivity contribution is -0.120. The average Bonchev–Trinajstić information content (AvgIpc) is 3.46. The molecule has 1 aromatic carbocycles. The zero-order valence-electron chi connectivity index (χ0n) is 20.3. The number of amides is 2. The predicted octanol–water partition coefficient (Wildman–Crippen LogP) is 0.700. The van der Waals surface area contributed by atoms with E-state index in [9.17, 15) is 14.0 Å². The number of benzene rings is 1. The maximum absolute atomic E-state index is 13.9. The molecule has 2 amide bonds. The van der Waals surface area contributed by atoms with Gasteiger partial charge >= 0.3 is 0 Å². The molecule has 0 unspecified atom stereocenters. The number of likely N-dealkylation sites (tertiary alicyclic amines) is 1. The fourth-order valence-electron chi connectivity index (χ4n) is 4.50. The number of carbonyl (C=O) groups is 2. The Morgan fingerprint density at radius 3 is 2.83 bits per heavy atom. The molecule has 36 heavy (non-hydrogen) atoms. The average molecular weight is 497 g/mol. The monoisotopic (exact) mass is 496 g/mol. The van der Waals surface area contributed by atoms with Gasteiger partial charge in [-0.1, -0.05) is 18.2 Å². The first-order valence-electron chi connectivity index (χ1n) is 11.9. The van der Waals surface area contributed by atoms with Gasteiger partial charge in [0.2, 0.25) is 5.82 Å². The zero-order chi connectivity index (χ0) is 25.2.